The van der Waals surface area contributed by atoms with Gasteiger partial charge < -0.3 is 10.8 Å². The molecule has 1 atom stereocenters. The third-order valence-electron chi connectivity index (χ3n) is 1.40. The second-order valence-electron chi connectivity index (χ2n) is 2.37. The van der Waals surface area contributed by atoms with E-state index in [1.807, 2.05) is 6.92 Å². The van der Waals surface area contributed by atoms with E-state index in [0.717, 1.165) is 32.4 Å². The third kappa shape index (κ3) is 6.01. The first-order valence-electron chi connectivity index (χ1n) is 3.92. The van der Waals surface area contributed by atoms with E-state index in [2.05, 4.69) is 5.32 Å². The second kappa shape index (κ2) is 6.99. The van der Waals surface area contributed by atoms with Gasteiger partial charge in [0.25, 0.3) is 0 Å². The van der Waals surface area contributed by atoms with E-state index in [4.69, 9.17) is 10.8 Å². The molecule has 0 rings (SSSR count). The van der Waals surface area contributed by atoms with Gasteiger partial charge in [0.2, 0.25) is 0 Å². The van der Waals surface area contributed by atoms with Gasteiger partial charge in [0, 0.05) is 0 Å². The van der Waals surface area contributed by atoms with Gasteiger partial charge in [0.05, 0.1) is 0 Å². The maximum absolute atomic E-state index is 9.01. The van der Waals surface area contributed by atoms with E-state index in [-0.39, 0.29) is 6.23 Å². The number of nitrogens with two attached hydrogens (primary N) is 1. The van der Waals surface area contributed by atoms with Crippen LogP contribution in [0.4, 0.5) is 0 Å². The Hall–Kier alpha value is -0.120. The molecule has 3 nitrogen and oxygen atoms in total. The van der Waals surface area contributed by atoms with Crippen molar-refractivity contribution in [2.45, 2.75) is 32.4 Å². The minimum atomic E-state index is -0.335. The quantitative estimate of drug-likeness (QED) is 0.366. The van der Waals surface area contributed by atoms with Crippen LogP contribution in [0.5, 0.6) is 0 Å². The van der Waals surface area contributed by atoms with Crippen molar-refractivity contribution < 1.29 is 5.11 Å². The highest BCUT2D eigenvalue weighted by Gasteiger charge is 1.95. The van der Waals surface area contributed by atoms with E-state index in [1.165, 1.54) is 0 Å². The van der Waals surface area contributed by atoms with Crippen molar-refractivity contribution in [1.29, 1.82) is 0 Å². The molecule has 0 aliphatic rings. The molecular formula is C7H18N2O. The van der Waals surface area contributed by atoms with Gasteiger partial charge in [-0.25, -0.2) is 0 Å². The summed E-state index contributed by atoms with van der Waals surface area (Å²) in [6.07, 6.45) is 2.51. The minimum Gasteiger partial charge on any atom is -0.379 e. The molecule has 0 fully saturated rings. The molecule has 0 aliphatic carbocycles. The second-order valence-corrected chi connectivity index (χ2v) is 2.37. The van der Waals surface area contributed by atoms with E-state index in [9.17, 15) is 0 Å². The Morgan fingerprint density at radius 3 is 2.70 bits per heavy atom. The van der Waals surface area contributed by atoms with Gasteiger partial charge in [-0.2, -0.15) is 0 Å². The van der Waals surface area contributed by atoms with E-state index < -0.39 is 0 Å². The van der Waals surface area contributed by atoms with Crippen LogP contribution in [0.3, 0.4) is 0 Å². The monoisotopic (exact) mass is 146 g/mol. The maximum Gasteiger partial charge on any atom is 0.104 e. The van der Waals surface area contributed by atoms with Crippen LogP contribution in [0.2, 0.25) is 0 Å². The SMILES string of the molecule is CCC(O)NCCCCN. The van der Waals surface area contributed by atoms with Crippen LogP contribution in [0.1, 0.15) is 26.2 Å². The fourth-order valence-electron chi connectivity index (χ4n) is 0.682. The Morgan fingerprint density at radius 1 is 1.50 bits per heavy atom. The fourth-order valence-corrected chi connectivity index (χ4v) is 0.682. The number of unbranched alkanes of at least 4 members (excludes halogenated alkanes) is 1. The summed E-state index contributed by atoms with van der Waals surface area (Å²) in [7, 11) is 0. The van der Waals surface area contributed by atoms with E-state index >= 15 is 0 Å². The number of nitrogens with one attached hydrogen (secondary N) is 1. The Labute approximate surface area is 62.6 Å². The zero-order chi connectivity index (χ0) is 7.82. The van der Waals surface area contributed by atoms with Crippen molar-refractivity contribution in [3.05, 3.63) is 0 Å². The molecule has 1 unspecified atom stereocenters. The van der Waals surface area contributed by atoms with Gasteiger partial charge in [-0.15, -0.1) is 0 Å². The van der Waals surface area contributed by atoms with E-state index in [1.54, 1.807) is 0 Å². The first kappa shape index (κ1) is 9.88. The fraction of sp³-hybridized carbons (Fsp3) is 1.00. The molecule has 10 heavy (non-hydrogen) atoms. The van der Waals surface area contributed by atoms with Gasteiger partial charge in [-0.3, -0.25) is 5.32 Å². The average Bonchev–Trinajstić information content (AvgIpc) is 1.98. The largest absolute Gasteiger partial charge is 0.379 e. The summed E-state index contributed by atoms with van der Waals surface area (Å²) < 4.78 is 0. The lowest BCUT2D eigenvalue weighted by molar-refractivity contribution is 0.133. The number of aliphatic hydroxyl groups is 1. The predicted molar refractivity (Wildman–Crippen MR) is 42.6 cm³/mol. The summed E-state index contributed by atoms with van der Waals surface area (Å²) in [6, 6.07) is 0. The summed E-state index contributed by atoms with van der Waals surface area (Å²) in [5.74, 6) is 0. The van der Waals surface area contributed by atoms with Gasteiger partial charge in [0.1, 0.15) is 6.23 Å². The van der Waals surface area contributed by atoms with Crippen molar-refractivity contribution in [3.8, 4) is 0 Å². The summed E-state index contributed by atoms with van der Waals surface area (Å²) in [6.45, 7) is 3.55. The molecule has 0 saturated heterocycles. The van der Waals surface area contributed by atoms with Crippen molar-refractivity contribution in [2.24, 2.45) is 5.73 Å². The normalized spacial score (nSPS) is 13.5. The maximum atomic E-state index is 9.01. The van der Waals surface area contributed by atoms with Crippen LogP contribution >= 0.6 is 0 Å². The summed E-state index contributed by atoms with van der Waals surface area (Å²) in [4.78, 5) is 0. The molecule has 0 spiro atoms. The standard InChI is InChI=1S/C7H18N2O/c1-2-7(10)9-6-4-3-5-8/h7,9-10H,2-6,8H2,1H3. The Kier molecular flexibility index (Phi) is 6.91. The predicted octanol–water partition coefficient (Wildman–Crippen LogP) is 0.0433. The van der Waals surface area contributed by atoms with Crippen LogP contribution in [-0.4, -0.2) is 24.4 Å². The van der Waals surface area contributed by atoms with Crippen molar-refractivity contribution >= 4 is 0 Å². The van der Waals surface area contributed by atoms with Crippen LogP contribution in [0, 0.1) is 0 Å². The van der Waals surface area contributed by atoms with Crippen molar-refractivity contribution in [2.75, 3.05) is 13.1 Å². The highest BCUT2D eigenvalue weighted by molar-refractivity contribution is 4.50. The zero-order valence-electron chi connectivity index (χ0n) is 6.64. The summed E-state index contributed by atoms with van der Waals surface area (Å²) >= 11 is 0. The molecule has 0 radical (unpaired) electrons. The zero-order valence-corrected chi connectivity index (χ0v) is 6.64. The molecule has 0 saturated carbocycles. The van der Waals surface area contributed by atoms with Crippen LogP contribution in [-0.2, 0) is 0 Å². The first-order chi connectivity index (χ1) is 4.81. The number of hydrogen-bond acceptors (Lipinski definition) is 3. The molecule has 0 aliphatic heterocycles. The van der Waals surface area contributed by atoms with Crippen LogP contribution in [0.15, 0.2) is 0 Å². The lowest BCUT2D eigenvalue weighted by Crippen LogP contribution is -2.28. The molecule has 0 aromatic carbocycles. The van der Waals surface area contributed by atoms with Crippen LogP contribution in [0.25, 0.3) is 0 Å². The molecule has 3 heteroatoms. The summed E-state index contributed by atoms with van der Waals surface area (Å²) in [5, 5.41) is 12.0. The molecule has 62 valence electrons. The minimum absolute atomic E-state index is 0.335. The topological polar surface area (TPSA) is 58.3 Å². The van der Waals surface area contributed by atoms with Gasteiger partial charge in [-0.05, 0) is 32.4 Å². The molecule has 0 bridgehead atoms. The average molecular weight is 146 g/mol. The van der Waals surface area contributed by atoms with E-state index in [0.29, 0.717) is 0 Å². The number of aliphatic hydroxyl groups excluding tert-OH is 1. The number of rotatable bonds is 6. The molecule has 0 amide bonds. The Balaban J connectivity index is 2.89. The van der Waals surface area contributed by atoms with Gasteiger partial charge >= 0.3 is 0 Å². The third-order valence-corrected chi connectivity index (χ3v) is 1.40. The smallest absolute Gasteiger partial charge is 0.104 e. The molecule has 0 heterocycles. The Bertz CT molecular complexity index is 68.6. The molecule has 4 N–H and O–H groups in total. The molecule has 0 aromatic rings. The van der Waals surface area contributed by atoms with Gasteiger partial charge in [0.15, 0.2) is 0 Å². The van der Waals surface area contributed by atoms with Crippen molar-refractivity contribution in [3.63, 3.8) is 0 Å². The highest BCUT2D eigenvalue weighted by atomic mass is 16.3. The lowest BCUT2D eigenvalue weighted by atomic mass is 10.3. The molecule has 0 aromatic heterocycles. The first-order valence-corrected chi connectivity index (χ1v) is 3.92. The van der Waals surface area contributed by atoms with Gasteiger partial charge in [-0.1, -0.05) is 6.92 Å². The summed E-state index contributed by atoms with van der Waals surface area (Å²) in [5.41, 5.74) is 5.29. The Morgan fingerprint density at radius 2 is 2.20 bits per heavy atom. The van der Waals surface area contributed by atoms with Crippen LogP contribution < -0.4 is 11.1 Å². The number of hydrogen-bond donors (Lipinski definition) is 3. The highest BCUT2D eigenvalue weighted by Crippen LogP contribution is 1.86. The molecular weight excluding hydrogens is 128 g/mol. The lowest BCUT2D eigenvalue weighted by Gasteiger charge is -2.08. The van der Waals surface area contributed by atoms with Crippen molar-refractivity contribution in [1.82, 2.24) is 5.32 Å².